The zero-order valence-corrected chi connectivity index (χ0v) is 13.1. The molecule has 1 N–H and O–H groups in total. The van der Waals surface area contributed by atoms with Crippen LogP contribution in [-0.4, -0.2) is 30.9 Å². The first-order valence-corrected chi connectivity index (χ1v) is 8.10. The average molecular weight is 297 g/mol. The molecule has 1 amide bonds. The topological polar surface area (TPSA) is 56.1 Å². The lowest BCUT2D eigenvalue weighted by Gasteiger charge is -2.30. The molecule has 22 heavy (non-hydrogen) atoms. The van der Waals surface area contributed by atoms with E-state index in [1.165, 1.54) is 18.4 Å². The van der Waals surface area contributed by atoms with Crippen LogP contribution < -0.4 is 5.32 Å². The molecule has 1 aliphatic carbocycles. The summed E-state index contributed by atoms with van der Waals surface area (Å²) in [5.74, 6) is 0.404. The first-order chi connectivity index (χ1) is 10.7. The lowest BCUT2D eigenvalue weighted by Crippen LogP contribution is -2.39. The van der Waals surface area contributed by atoms with Gasteiger partial charge in [0.25, 0.3) is 0 Å². The summed E-state index contributed by atoms with van der Waals surface area (Å²) in [6.45, 7) is 2.99. The van der Waals surface area contributed by atoms with Crippen molar-refractivity contribution < 1.29 is 4.79 Å². The zero-order chi connectivity index (χ0) is 15.6. The summed E-state index contributed by atoms with van der Waals surface area (Å²) in [6, 6.07) is 9.98. The van der Waals surface area contributed by atoms with Gasteiger partial charge in [0, 0.05) is 26.1 Å². The molecular weight excluding hydrogens is 274 g/mol. The largest absolute Gasteiger partial charge is 0.359 e. The van der Waals surface area contributed by atoms with E-state index < -0.39 is 0 Å². The Bertz CT molecular complexity index is 589. The number of hydrogen-bond acceptors (Lipinski definition) is 3. The van der Waals surface area contributed by atoms with Crippen LogP contribution >= 0.6 is 0 Å². The minimum absolute atomic E-state index is 0.184. The van der Waals surface area contributed by atoms with E-state index in [2.05, 4.69) is 16.3 Å². The molecule has 2 aliphatic rings. The Balaban J connectivity index is 1.66. The van der Waals surface area contributed by atoms with Crippen LogP contribution in [0.3, 0.4) is 0 Å². The smallest absolute Gasteiger partial charge is 0.223 e. The minimum atomic E-state index is 0.184. The maximum Gasteiger partial charge on any atom is 0.223 e. The Morgan fingerprint density at radius 2 is 2.18 bits per heavy atom. The monoisotopic (exact) mass is 297 g/mol. The molecule has 4 nitrogen and oxygen atoms in total. The quantitative estimate of drug-likeness (QED) is 0.931. The summed E-state index contributed by atoms with van der Waals surface area (Å²) in [6.07, 6.45) is 4.50. The van der Waals surface area contributed by atoms with Gasteiger partial charge in [0.15, 0.2) is 0 Å². The Hall–Kier alpha value is -1.86. The SMILES string of the molecule is CNC(=O)C1CCCC12CCN(Cc1ccc(C#N)cc1)C2. The van der Waals surface area contributed by atoms with Crippen molar-refractivity contribution in [2.24, 2.45) is 11.3 Å². The fourth-order valence-electron chi connectivity index (χ4n) is 4.27. The van der Waals surface area contributed by atoms with Crippen LogP contribution in [0.4, 0.5) is 0 Å². The number of nitrogens with one attached hydrogen (secondary N) is 1. The summed E-state index contributed by atoms with van der Waals surface area (Å²) in [7, 11) is 1.75. The molecule has 116 valence electrons. The van der Waals surface area contributed by atoms with Crippen molar-refractivity contribution in [1.29, 1.82) is 5.26 Å². The molecule has 0 aromatic heterocycles. The highest BCUT2D eigenvalue weighted by atomic mass is 16.1. The third-order valence-corrected chi connectivity index (χ3v) is 5.42. The molecule has 1 heterocycles. The van der Waals surface area contributed by atoms with Crippen LogP contribution in [0.5, 0.6) is 0 Å². The van der Waals surface area contributed by atoms with Crippen molar-refractivity contribution in [2.75, 3.05) is 20.1 Å². The third kappa shape index (κ3) is 2.74. The molecule has 0 bridgehead atoms. The summed E-state index contributed by atoms with van der Waals surface area (Å²) in [4.78, 5) is 14.6. The van der Waals surface area contributed by atoms with E-state index in [0.717, 1.165) is 32.5 Å². The summed E-state index contributed by atoms with van der Waals surface area (Å²) < 4.78 is 0. The van der Waals surface area contributed by atoms with Crippen LogP contribution in [0.25, 0.3) is 0 Å². The number of amides is 1. The van der Waals surface area contributed by atoms with Gasteiger partial charge >= 0.3 is 0 Å². The fourth-order valence-corrected chi connectivity index (χ4v) is 4.27. The molecule has 1 aromatic carbocycles. The lowest BCUT2D eigenvalue weighted by atomic mass is 9.76. The molecule has 1 spiro atoms. The zero-order valence-electron chi connectivity index (χ0n) is 13.1. The molecule has 1 aromatic rings. The van der Waals surface area contributed by atoms with Gasteiger partial charge < -0.3 is 5.32 Å². The first-order valence-electron chi connectivity index (χ1n) is 8.10. The maximum absolute atomic E-state index is 12.2. The Kier molecular flexibility index (Phi) is 4.17. The number of carbonyl (C=O) groups excluding carboxylic acids is 1. The number of nitrogens with zero attached hydrogens (tertiary/aromatic N) is 2. The van der Waals surface area contributed by atoms with Gasteiger partial charge in [-0.1, -0.05) is 18.6 Å². The summed E-state index contributed by atoms with van der Waals surface area (Å²) in [5.41, 5.74) is 2.13. The molecule has 2 unspecified atom stereocenters. The molecule has 4 heteroatoms. The van der Waals surface area contributed by atoms with Crippen molar-refractivity contribution in [3.05, 3.63) is 35.4 Å². The van der Waals surface area contributed by atoms with Gasteiger partial charge in [-0.15, -0.1) is 0 Å². The predicted octanol–water partition coefficient (Wildman–Crippen LogP) is 2.30. The number of rotatable bonds is 3. The van der Waals surface area contributed by atoms with E-state index in [1.54, 1.807) is 7.05 Å². The molecule has 2 fully saturated rings. The lowest BCUT2D eigenvalue weighted by molar-refractivity contribution is -0.127. The van der Waals surface area contributed by atoms with Gasteiger partial charge in [0.1, 0.15) is 0 Å². The van der Waals surface area contributed by atoms with Gasteiger partial charge in [-0.3, -0.25) is 9.69 Å². The van der Waals surface area contributed by atoms with E-state index in [0.29, 0.717) is 5.56 Å². The van der Waals surface area contributed by atoms with Crippen LogP contribution in [0.2, 0.25) is 0 Å². The van der Waals surface area contributed by atoms with Gasteiger partial charge in [-0.2, -0.15) is 5.26 Å². The first kappa shape index (κ1) is 15.1. The van der Waals surface area contributed by atoms with Crippen molar-refractivity contribution in [1.82, 2.24) is 10.2 Å². The van der Waals surface area contributed by atoms with Gasteiger partial charge in [0.05, 0.1) is 11.6 Å². The van der Waals surface area contributed by atoms with Crippen LogP contribution in [0, 0.1) is 22.7 Å². The molecule has 1 saturated heterocycles. The van der Waals surface area contributed by atoms with E-state index in [1.807, 2.05) is 24.3 Å². The van der Waals surface area contributed by atoms with Crippen LogP contribution in [0.15, 0.2) is 24.3 Å². The normalized spacial score (nSPS) is 27.9. The number of carbonyl (C=O) groups is 1. The van der Waals surface area contributed by atoms with Crippen LogP contribution in [-0.2, 0) is 11.3 Å². The van der Waals surface area contributed by atoms with Crippen LogP contribution in [0.1, 0.15) is 36.8 Å². The number of benzene rings is 1. The van der Waals surface area contributed by atoms with Gasteiger partial charge in [-0.25, -0.2) is 0 Å². The highest BCUT2D eigenvalue weighted by molar-refractivity contribution is 5.79. The maximum atomic E-state index is 12.2. The second kappa shape index (κ2) is 6.10. The second-order valence-electron chi connectivity index (χ2n) is 6.69. The van der Waals surface area contributed by atoms with E-state index >= 15 is 0 Å². The van der Waals surface area contributed by atoms with Crippen molar-refractivity contribution >= 4 is 5.91 Å². The molecule has 1 saturated carbocycles. The molecular formula is C18H23N3O. The summed E-state index contributed by atoms with van der Waals surface area (Å²) in [5, 5.41) is 11.7. The van der Waals surface area contributed by atoms with E-state index in [-0.39, 0.29) is 17.2 Å². The van der Waals surface area contributed by atoms with E-state index in [9.17, 15) is 4.79 Å². The Labute approximate surface area is 132 Å². The minimum Gasteiger partial charge on any atom is -0.359 e. The summed E-state index contributed by atoms with van der Waals surface area (Å²) >= 11 is 0. The fraction of sp³-hybridized carbons (Fsp3) is 0.556. The average Bonchev–Trinajstić information content (AvgIpc) is 3.15. The second-order valence-corrected chi connectivity index (χ2v) is 6.69. The Morgan fingerprint density at radius 1 is 1.41 bits per heavy atom. The Morgan fingerprint density at radius 3 is 2.86 bits per heavy atom. The molecule has 0 radical (unpaired) electrons. The molecule has 2 atom stereocenters. The standard InChI is InChI=1S/C18H23N3O/c1-20-17(22)16-3-2-8-18(16)9-10-21(13-18)12-15-6-4-14(11-19)5-7-15/h4-7,16H,2-3,8-10,12-13H2,1H3,(H,20,22). The number of likely N-dealkylation sites (tertiary alicyclic amines) is 1. The van der Waals surface area contributed by atoms with Gasteiger partial charge in [-0.05, 0) is 48.9 Å². The third-order valence-electron chi connectivity index (χ3n) is 5.42. The van der Waals surface area contributed by atoms with E-state index in [4.69, 9.17) is 5.26 Å². The number of hydrogen-bond donors (Lipinski definition) is 1. The number of nitriles is 1. The van der Waals surface area contributed by atoms with Crippen molar-refractivity contribution in [3.63, 3.8) is 0 Å². The molecule has 3 rings (SSSR count). The van der Waals surface area contributed by atoms with Crippen molar-refractivity contribution in [3.8, 4) is 6.07 Å². The highest BCUT2D eigenvalue weighted by Crippen LogP contribution is 2.50. The predicted molar refractivity (Wildman–Crippen MR) is 84.9 cm³/mol. The highest BCUT2D eigenvalue weighted by Gasteiger charge is 2.49. The van der Waals surface area contributed by atoms with Gasteiger partial charge in [0.2, 0.25) is 5.91 Å². The van der Waals surface area contributed by atoms with Crippen molar-refractivity contribution in [2.45, 2.75) is 32.2 Å². The molecule has 1 aliphatic heterocycles.